The zero-order valence-electron chi connectivity index (χ0n) is 13.4. The molecule has 0 bridgehead atoms. The summed E-state index contributed by atoms with van der Waals surface area (Å²) in [6, 6.07) is 0.0193. The van der Waals surface area contributed by atoms with Gasteiger partial charge in [0.05, 0.1) is 23.6 Å². The molecule has 1 unspecified atom stereocenters. The van der Waals surface area contributed by atoms with Crippen LogP contribution in [-0.4, -0.2) is 37.5 Å². The normalized spacial score (nSPS) is 20.6. The van der Waals surface area contributed by atoms with E-state index in [-0.39, 0.29) is 11.9 Å². The third kappa shape index (κ3) is 2.52. The average Bonchev–Trinajstić information content (AvgIpc) is 3.21. The highest BCUT2D eigenvalue weighted by atomic mass is 16.2. The highest BCUT2D eigenvalue weighted by molar-refractivity contribution is 5.94. The number of carbonyl (C=O) groups is 1. The van der Waals surface area contributed by atoms with Gasteiger partial charge in [0, 0.05) is 24.0 Å². The minimum Gasteiger partial charge on any atom is -0.329 e. The Morgan fingerprint density at radius 3 is 3.00 bits per heavy atom. The third-order valence-corrected chi connectivity index (χ3v) is 4.89. The van der Waals surface area contributed by atoms with Crippen LogP contribution in [0.4, 0.5) is 0 Å². The number of H-pyrrole nitrogens is 1. The first-order valence-corrected chi connectivity index (χ1v) is 8.39. The minimum atomic E-state index is 0.0193. The summed E-state index contributed by atoms with van der Waals surface area (Å²) in [6.45, 7) is 2.70. The fraction of sp³-hybridized carbons (Fsp3) is 0.529. The van der Waals surface area contributed by atoms with Gasteiger partial charge in [0.2, 0.25) is 0 Å². The molecule has 4 rings (SSSR count). The number of likely N-dealkylation sites (tertiary alicyclic amines) is 1. The molecule has 6 nitrogen and oxygen atoms in total. The largest absolute Gasteiger partial charge is 0.329 e. The number of aryl methyl sites for hydroxylation is 2. The number of aromatic amines is 1. The molecular weight excluding hydrogens is 290 g/mol. The lowest BCUT2D eigenvalue weighted by atomic mass is 9.95. The molecule has 1 saturated heterocycles. The Kier molecular flexibility index (Phi) is 3.59. The smallest absolute Gasteiger partial charge is 0.275 e. The lowest BCUT2D eigenvalue weighted by Gasteiger charge is -2.24. The van der Waals surface area contributed by atoms with Gasteiger partial charge in [-0.2, -0.15) is 5.10 Å². The standard InChI is InChI=1S/C17H21N5O/c1-11-9-18-10-14(19-11)15-7-4-8-22(15)17(23)16-12-5-2-3-6-13(12)20-21-16/h9-10,15H,2-8H2,1H3,(H,20,21). The first-order valence-electron chi connectivity index (χ1n) is 8.39. The first kappa shape index (κ1) is 14.4. The molecule has 120 valence electrons. The maximum Gasteiger partial charge on any atom is 0.275 e. The average molecular weight is 311 g/mol. The number of hydrogen-bond acceptors (Lipinski definition) is 4. The van der Waals surface area contributed by atoms with E-state index in [1.165, 1.54) is 6.42 Å². The maximum absolute atomic E-state index is 13.0. The number of fused-ring (bicyclic) bond motifs is 1. The van der Waals surface area contributed by atoms with Crippen molar-refractivity contribution >= 4 is 5.91 Å². The molecule has 1 N–H and O–H groups in total. The van der Waals surface area contributed by atoms with Crippen molar-refractivity contribution in [3.63, 3.8) is 0 Å². The van der Waals surface area contributed by atoms with E-state index >= 15 is 0 Å². The van der Waals surface area contributed by atoms with Crippen LogP contribution in [0, 0.1) is 6.92 Å². The van der Waals surface area contributed by atoms with Crippen LogP contribution in [0.25, 0.3) is 0 Å². The fourth-order valence-corrected chi connectivity index (χ4v) is 3.75. The van der Waals surface area contributed by atoms with Gasteiger partial charge in [0.15, 0.2) is 5.69 Å². The van der Waals surface area contributed by atoms with Gasteiger partial charge in [-0.05, 0) is 45.4 Å². The van der Waals surface area contributed by atoms with E-state index in [4.69, 9.17) is 0 Å². The van der Waals surface area contributed by atoms with Crippen LogP contribution >= 0.6 is 0 Å². The number of nitrogens with zero attached hydrogens (tertiary/aromatic N) is 4. The molecule has 1 atom stereocenters. The Balaban J connectivity index is 1.64. The Bertz CT molecular complexity index is 738. The van der Waals surface area contributed by atoms with Gasteiger partial charge in [-0.1, -0.05) is 0 Å². The topological polar surface area (TPSA) is 74.8 Å². The molecule has 23 heavy (non-hydrogen) atoms. The molecule has 3 heterocycles. The van der Waals surface area contributed by atoms with Crippen LogP contribution < -0.4 is 0 Å². The van der Waals surface area contributed by atoms with Gasteiger partial charge in [0.25, 0.3) is 5.91 Å². The molecule has 2 aliphatic rings. The van der Waals surface area contributed by atoms with Crippen LogP contribution in [0.3, 0.4) is 0 Å². The fourth-order valence-electron chi connectivity index (χ4n) is 3.75. The summed E-state index contributed by atoms with van der Waals surface area (Å²) < 4.78 is 0. The van der Waals surface area contributed by atoms with Crippen LogP contribution in [0.5, 0.6) is 0 Å². The van der Waals surface area contributed by atoms with Gasteiger partial charge in [-0.3, -0.25) is 19.9 Å². The van der Waals surface area contributed by atoms with E-state index < -0.39 is 0 Å². The molecule has 0 saturated carbocycles. The monoisotopic (exact) mass is 311 g/mol. The minimum absolute atomic E-state index is 0.0193. The Hall–Kier alpha value is -2.24. The number of carbonyl (C=O) groups excluding carboxylic acids is 1. The zero-order valence-corrected chi connectivity index (χ0v) is 13.4. The summed E-state index contributed by atoms with van der Waals surface area (Å²) in [7, 11) is 0. The maximum atomic E-state index is 13.0. The first-order chi connectivity index (χ1) is 11.2. The highest BCUT2D eigenvalue weighted by Crippen LogP contribution is 2.33. The van der Waals surface area contributed by atoms with Crippen molar-refractivity contribution in [2.24, 2.45) is 0 Å². The lowest BCUT2D eigenvalue weighted by Crippen LogP contribution is -2.32. The van der Waals surface area contributed by atoms with E-state index in [1.54, 1.807) is 12.4 Å². The molecule has 0 aromatic carbocycles. The zero-order chi connectivity index (χ0) is 15.8. The van der Waals surface area contributed by atoms with E-state index in [1.807, 2.05) is 11.8 Å². The summed E-state index contributed by atoms with van der Waals surface area (Å²) in [5, 5.41) is 7.40. The Labute approximate surface area is 135 Å². The number of aromatic nitrogens is 4. The molecule has 1 aliphatic heterocycles. The van der Waals surface area contributed by atoms with Crippen molar-refractivity contribution in [2.75, 3.05) is 6.54 Å². The molecule has 1 aliphatic carbocycles. The van der Waals surface area contributed by atoms with Gasteiger partial charge in [-0.15, -0.1) is 0 Å². The SMILES string of the molecule is Cc1cncc(C2CCCN2C(=O)c2n[nH]c3c2CCCC3)n1. The number of amides is 1. The van der Waals surface area contributed by atoms with Crippen molar-refractivity contribution in [1.82, 2.24) is 25.1 Å². The molecule has 1 amide bonds. The van der Waals surface area contributed by atoms with Crippen molar-refractivity contribution in [2.45, 2.75) is 51.5 Å². The molecule has 2 aromatic heterocycles. The van der Waals surface area contributed by atoms with Gasteiger partial charge in [0.1, 0.15) is 0 Å². The van der Waals surface area contributed by atoms with Gasteiger partial charge < -0.3 is 4.90 Å². The highest BCUT2D eigenvalue weighted by Gasteiger charge is 2.34. The Morgan fingerprint density at radius 1 is 1.26 bits per heavy atom. The van der Waals surface area contributed by atoms with Crippen molar-refractivity contribution in [3.05, 3.63) is 40.7 Å². The van der Waals surface area contributed by atoms with E-state index in [9.17, 15) is 4.79 Å². The van der Waals surface area contributed by atoms with Gasteiger partial charge >= 0.3 is 0 Å². The summed E-state index contributed by atoms with van der Waals surface area (Å²) in [5.74, 6) is 0.0372. The van der Waals surface area contributed by atoms with Gasteiger partial charge in [-0.25, -0.2) is 0 Å². The van der Waals surface area contributed by atoms with Crippen LogP contribution in [0.1, 0.15) is 64.9 Å². The van der Waals surface area contributed by atoms with Crippen LogP contribution in [0.2, 0.25) is 0 Å². The van der Waals surface area contributed by atoms with Crippen LogP contribution in [-0.2, 0) is 12.8 Å². The summed E-state index contributed by atoms with van der Waals surface area (Å²) >= 11 is 0. The van der Waals surface area contributed by atoms with E-state index in [0.717, 1.165) is 61.3 Å². The van der Waals surface area contributed by atoms with E-state index in [2.05, 4.69) is 20.2 Å². The third-order valence-electron chi connectivity index (χ3n) is 4.89. The second-order valence-corrected chi connectivity index (χ2v) is 6.48. The van der Waals surface area contributed by atoms with Crippen LogP contribution in [0.15, 0.2) is 12.4 Å². The molecular formula is C17H21N5O. The summed E-state index contributed by atoms with van der Waals surface area (Å²) in [6.07, 6.45) is 9.73. The van der Waals surface area contributed by atoms with Crippen molar-refractivity contribution < 1.29 is 4.79 Å². The summed E-state index contributed by atoms with van der Waals surface area (Å²) in [5.41, 5.74) is 4.67. The molecule has 6 heteroatoms. The quantitative estimate of drug-likeness (QED) is 0.924. The number of nitrogens with one attached hydrogen (secondary N) is 1. The second-order valence-electron chi connectivity index (χ2n) is 6.48. The predicted molar refractivity (Wildman–Crippen MR) is 85.0 cm³/mol. The summed E-state index contributed by atoms with van der Waals surface area (Å²) in [4.78, 5) is 23.8. The molecule has 0 radical (unpaired) electrons. The van der Waals surface area contributed by atoms with Crippen molar-refractivity contribution in [3.8, 4) is 0 Å². The number of hydrogen-bond donors (Lipinski definition) is 1. The number of rotatable bonds is 2. The lowest BCUT2D eigenvalue weighted by molar-refractivity contribution is 0.0725. The Morgan fingerprint density at radius 2 is 2.13 bits per heavy atom. The molecule has 1 fully saturated rings. The predicted octanol–water partition coefficient (Wildman–Crippen LogP) is 2.36. The second kappa shape index (κ2) is 5.76. The van der Waals surface area contributed by atoms with Crippen molar-refractivity contribution in [1.29, 1.82) is 0 Å². The van der Waals surface area contributed by atoms with E-state index in [0.29, 0.717) is 5.69 Å². The molecule has 2 aromatic rings. The molecule has 0 spiro atoms.